The molecule has 0 aromatic carbocycles. The molecule has 0 bridgehead atoms. The van der Waals surface area contributed by atoms with Crippen LogP contribution in [-0.2, 0) is 11.8 Å². The van der Waals surface area contributed by atoms with Crippen LogP contribution in [0.2, 0.25) is 5.15 Å². The Labute approximate surface area is 158 Å². The van der Waals surface area contributed by atoms with Gasteiger partial charge in [-0.1, -0.05) is 18.0 Å². The van der Waals surface area contributed by atoms with Gasteiger partial charge in [-0.3, -0.25) is 14.4 Å². The highest BCUT2D eigenvalue weighted by Crippen LogP contribution is 2.24. The van der Waals surface area contributed by atoms with Crippen molar-refractivity contribution in [1.29, 1.82) is 0 Å². The van der Waals surface area contributed by atoms with Crippen molar-refractivity contribution in [2.24, 2.45) is 7.05 Å². The molecule has 1 N–H and O–H groups in total. The van der Waals surface area contributed by atoms with Gasteiger partial charge in [0.25, 0.3) is 0 Å². The van der Waals surface area contributed by atoms with Crippen molar-refractivity contribution in [1.82, 2.24) is 20.0 Å². The summed E-state index contributed by atoms with van der Waals surface area (Å²) in [6.07, 6.45) is 8.53. The Kier molecular flexibility index (Phi) is 6.16. The number of amides is 1. The van der Waals surface area contributed by atoms with Crippen LogP contribution < -0.4 is 5.32 Å². The smallest absolute Gasteiger partial charge is 0.244 e. The molecule has 0 saturated carbocycles. The van der Waals surface area contributed by atoms with E-state index in [1.807, 2.05) is 19.1 Å². The highest BCUT2D eigenvalue weighted by Gasteiger charge is 2.24. The van der Waals surface area contributed by atoms with Crippen LogP contribution in [0.15, 0.2) is 28.9 Å². The lowest BCUT2D eigenvalue weighted by molar-refractivity contribution is -0.116. The Morgan fingerprint density at radius 2 is 2.19 bits per heavy atom. The van der Waals surface area contributed by atoms with Crippen LogP contribution in [0.1, 0.15) is 42.3 Å². The van der Waals surface area contributed by atoms with Gasteiger partial charge in [-0.05, 0) is 51.1 Å². The maximum atomic E-state index is 12.3. The number of aromatic nitrogens is 2. The molecule has 1 aliphatic heterocycles. The van der Waals surface area contributed by atoms with Crippen LogP contribution in [0.4, 0.5) is 0 Å². The summed E-state index contributed by atoms with van der Waals surface area (Å²) in [5.41, 5.74) is 1.56. The monoisotopic (exact) mass is 376 g/mol. The number of nitrogens with zero attached hydrogens (tertiary/aromatic N) is 3. The lowest BCUT2D eigenvalue weighted by atomic mass is 10.1. The Hall–Kier alpha value is -2.05. The van der Waals surface area contributed by atoms with E-state index >= 15 is 0 Å². The summed E-state index contributed by atoms with van der Waals surface area (Å²) in [6.45, 7) is 4.44. The van der Waals surface area contributed by atoms with Crippen LogP contribution in [0.3, 0.4) is 0 Å². The normalized spacial score (nSPS) is 16.9. The summed E-state index contributed by atoms with van der Waals surface area (Å²) in [5, 5.41) is 7.75. The fourth-order valence-electron chi connectivity index (χ4n) is 3.37. The molecule has 1 fully saturated rings. The molecule has 1 atom stereocenters. The lowest BCUT2D eigenvalue weighted by Crippen LogP contribution is -2.40. The third-order valence-electron chi connectivity index (χ3n) is 4.77. The third-order valence-corrected chi connectivity index (χ3v) is 5.22. The number of carbonyl (C=O) groups excluding carboxylic acids is 1. The van der Waals surface area contributed by atoms with Crippen LogP contribution in [0.5, 0.6) is 0 Å². The number of hydrogen-bond donors (Lipinski definition) is 1. The molecular weight excluding hydrogens is 352 g/mol. The van der Waals surface area contributed by atoms with Gasteiger partial charge in [-0.15, -0.1) is 0 Å². The minimum absolute atomic E-state index is 0.0615. The summed E-state index contributed by atoms with van der Waals surface area (Å²) in [4.78, 5) is 14.7. The second kappa shape index (κ2) is 8.56. The van der Waals surface area contributed by atoms with E-state index in [4.69, 9.17) is 16.0 Å². The van der Waals surface area contributed by atoms with Crippen LogP contribution in [-0.4, -0.2) is 40.2 Å². The van der Waals surface area contributed by atoms with E-state index in [9.17, 15) is 4.79 Å². The molecule has 1 unspecified atom stereocenters. The predicted molar refractivity (Wildman–Crippen MR) is 102 cm³/mol. The van der Waals surface area contributed by atoms with Gasteiger partial charge in [0, 0.05) is 25.2 Å². The number of carbonyl (C=O) groups is 1. The molecule has 6 nitrogen and oxygen atoms in total. The van der Waals surface area contributed by atoms with E-state index in [0.29, 0.717) is 11.7 Å². The number of halogens is 1. The first-order chi connectivity index (χ1) is 12.6. The largest absolute Gasteiger partial charge is 0.468 e. The zero-order valence-electron chi connectivity index (χ0n) is 15.2. The van der Waals surface area contributed by atoms with E-state index in [-0.39, 0.29) is 11.9 Å². The van der Waals surface area contributed by atoms with E-state index < -0.39 is 0 Å². The Balaban J connectivity index is 1.63. The zero-order chi connectivity index (χ0) is 18.5. The number of piperidine rings is 1. The van der Waals surface area contributed by atoms with E-state index in [0.717, 1.165) is 30.1 Å². The summed E-state index contributed by atoms with van der Waals surface area (Å²) in [7, 11) is 1.78. The summed E-state index contributed by atoms with van der Waals surface area (Å²) >= 11 is 6.19. The Bertz CT molecular complexity index is 761. The zero-order valence-corrected chi connectivity index (χ0v) is 16.0. The molecule has 2 aromatic rings. The van der Waals surface area contributed by atoms with E-state index in [1.54, 1.807) is 24.1 Å². The first-order valence-electron chi connectivity index (χ1n) is 8.98. The average molecular weight is 377 g/mol. The van der Waals surface area contributed by atoms with Crippen LogP contribution in [0.25, 0.3) is 6.08 Å². The SMILES string of the molecule is Cc1nn(C)c(Cl)c1/C=C/C(=O)NCC(c1ccco1)N1CCCCC1. The van der Waals surface area contributed by atoms with Crippen molar-refractivity contribution in [3.05, 3.63) is 46.6 Å². The van der Waals surface area contributed by atoms with Gasteiger partial charge < -0.3 is 9.73 Å². The van der Waals surface area contributed by atoms with Crippen molar-refractivity contribution in [2.75, 3.05) is 19.6 Å². The number of nitrogens with one attached hydrogen (secondary N) is 1. The predicted octanol–water partition coefficient (Wildman–Crippen LogP) is 3.33. The number of rotatable bonds is 6. The Morgan fingerprint density at radius 3 is 2.81 bits per heavy atom. The summed E-state index contributed by atoms with van der Waals surface area (Å²) < 4.78 is 7.20. The molecular formula is C19H25ClN4O2. The van der Waals surface area contributed by atoms with Gasteiger partial charge in [0.1, 0.15) is 10.9 Å². The quantitative estimate of drug-likeness (QED) is 0.785. The van der Waals surface area contributed by atoms with Crippen molar-refractivity contribution in [3.63, 3.8) is 0 Å². The van der Waals surface area contributed by atoms with Gasteiger partial charge in [-0.25, -0.2) is 0 Å². The molecule has 140 valence electrons. The average Bonchev–Trinajstić information content (AvgIpc) is 3.24. The number of hydrogen-bond acceptors (Lipinski definition) is 4. The van der Waals surface area contributed by atoms with Crippen LogP contribution >= 0.6 is 11.6 Å². The van der Waals surface area contributed by atoms with E-state index in [1.165, 1.54) is 25.3 Å². The lowest BCUT2D eigenvalue weighted by Gasteiger charge is -2.33. The first kappa shape index (κ1) is 18.7. The highest BCUT2D eigenvalue weighted by molar-refractivity contribution is 6.31. The molecule has 0 aliphatic carbocycles. The molecule has 1 amide bonds. The molecule has 26 heavy (non-hydrogen) atoms. The van der Waals surface area contributed by atoms with Gasteiger partial charge in [-0.2, -0.15) is 5.10 Å². The van der Waals surface area contributed by atoms with Crippen LogP contribution in [0, 0.1) is 6.92 Å². The minimum Gasteiger partial charge on any atom is -0.468 e. The number of aryl methyl sites for hydroxylation is 2. The van der Waals surface area contributed by atoms with Crippen molar-refractivity contribution >= 4 is 23.6 Å². The fourth-order valence-corrected chi connectivity index (χ4v) is 3.61. The molecule has 2 aromatic heterocycles. The second-order valence-electron chi connectivity index (χ2n) is 6.62. The molecule has 1 saturated heterocycles. The highest BCUT2D eigenvalue weighted by atomic mass is 35.5. The fraction of sp³-hybridized carbons (Fsp3) is 0.474. The number of likely N-dealkylation sites (tertiary alicyclic amines) is 1. The third kappa shape index (κ3) is 4.37. The summed E-state index contributed by atoms with van der Waals surface area (Å²) in [6, 6.07) is 3.92. The maximum absolute atomic E-state index is 12.3. The molecule has 0 radical (unpaired) electrons. The molecule has 0 spiro atoms. The van der Waals surface area contributed by atoms with Gasteiger partial charge in [0.05, 0.1) is 18.0 Å². The van der Waals surface area contributed by atoms with Gasteiger partial charge in [0.15, 0.2) is 0 Å². The first-order valence-corrected chi connectivity index (χ1v) is 9.36. The van der Waals surface area contributed by atoms with Gasteiger partial charge >= 0.3 is 0 Å². The topological polar surface area (TPSA) is 63.3 Å². The van der Waals surface area contributed by atoms with Gasteiger partial charge in [0.2, 0.25) is 5.91 Å². The second-order valence-corrected chi connectivity index (χ2v) is 6.98. The standard InChI is InChI=1S/C19H25ClN4O2/c1-14-15(19(20)23(2)22-14)8-9-18(25)21-13-16(17-7-6-12-26-17)24-10-4-3-5-11-24/h6-9,12,16H,3-5,10-11,13H2,1-2H3,(H,21,25)/b9-8+. The molecule has 3 heterocycles. The van der Waals surface area contributed by atoms with Crippen molar-refractivity contribution in [3.8, 4) is 0 Å². The minimum atomic E-state index is -0.155. The molecule has 1 aliphatic rings. The molecule has 3 rings (SSSR count). The molecule has 7 heteroatoms. The maximum Gasteiger partial charge on any atom is 0.244 e. The summed E-state index contributed by atoms with van der Waals surface area (Å²) in [5.74, 6) is 0.736. The van der Waals surface area contributed by atoms with E-state index in [2.05, 4.69) is 15.3 Å². The number of furan rings is 1. The Morgan fingerprint density at radius 1 is 1.42 bits per heavy atom. The van der Waals surface area contributed by atoms with Crippen molar-refractivity contribution < 1.29 is 9.21 Å². The van der Waals surface area contributed by atoms with Crippen molar-refractivity contribution in [2.45, 2.75) is 32.2 Å².